The number of ether oxygens (including phenoxy) is 1. The van der Waals surface area contributed by atoms with E-state index in [9.17, 15) is 14.3 Å². The van der Waals surface area contributed by atoms with Crippen molar-refractivity contribution in [1.29, 1.82) is 0 Å². The van der Waals surface area contributed by atoms with Crippen molar-refractivity contribution in [2.75, 3.05) is 43.0 Å². The first-order chi connectivity index (χ1) is 15.6. The molecule has 32 heavy (non-hydrogen) atoms. The Kier molecular flexibility index (Phi) is 5.48. The van der Waals surface area contributed by atoms with E-state index in [1.54, 1.807) is 16.7 Å². The zero-order chi connectivity index (χ0) is 22.1. The van der Waals surface area contributed by atoms with Crippen LogP contribution in [0, 0.1) is 5.82 Å². The van der Waals surface area contributed by atoms with Crippen LogP contribution in [0.25, 0.3) is 5.65 Å². The molecule has 2 saturated heterocycles. The van der Waals surface area contributed by atoms with E-state index in [0.717, 1.165) is 24.4 Å². The second kappa shape index (κ2) is 8.58. The summed E-state index contributed by atoms with van der Waals surface area (Å²) in [5.74, 6) is 1.08. The number of amides is 1. The summed E-state index contributed by atoms with van der Waals surface area (Å²) in [5, 5.41) is 12.6. The quantitative estimate of drug-likeness (QED) is 0.636. The monoisotopic (exact) mass is 441 g/mol. The van der Waals surface area contributed by atoms with E-state index in [1.807, 2.05) is 6.07 Å². The van der Waals surface area contributed by atoms with Crippen LogP contribution < -0.4 is 10.2 Å². The van der Waals surface area contributed by atoms with E-state index in [0.29, 0.717) is 44.3 Å². The van der Waals surface area contributed by atoms with Crippen LogP contribution in [0.15, 0.2) is 36.9 Å². The lowest BCUT2D eigenvalue weighted by Crippen LogP contribution is -2.44. The van der Waals surface area contributed by atoms with Crippen molar-refractivity contribution in [3.63, 3.8) is 0 Å². The number of likely N-dealkylation sites (tertiary alicyclic amines) is 1. The predicted molar refractivity (Wildman–Crippen MR) is 114 cm³/mol. The second-order valence-electron chi connectivity index (χ2n) is 8.04. The number of halogens is 1. The first kappa shape index (κ1) is 20.4. The number of nitrogens with zero attached hydrogens (tertiary/aromatic N) is 6. The first-order valence-electron chi connectivity index (χ1n) is 10.6. The number of morpholine rings is 1. The molecule has 168 valence electrons. The third-order valence-corrected chi connectivity index (χ3v) is 5.92. The van der Waals surface area contributed by atoms with Gasteiger partial charge in [-0.1, -0.05) is 0 Å². The number of pyridine rings is 1. The number of imidazole rings is 1. The lowest BCUT2D eigenvalue weighted by atomic mass is 10.1. The minimum absolute atomic E-state index is 0.00749. The van der Waals surface area contributed by atoms with Crippen molar-refractivity contribution in [2.45, 2.75) is 25.0 Å². The van der Waals surface area contributed by atoms with E-state index in [2.05, 4.69) is 25.2 Å². The minimum atomic E-state index is -0.897. The molecule has 10 nitrogen and oxygen atoms in total. The molecular formula is C21H24FN7O3. The second-order valence-corrected chi connectivity index (χ2v) is 8.04. The van der Waals surface area contributed by atoms with Gasteiger partial charge in [0.25, 0.3) is 0 Å². The molecule has 2 unspecified atom stereocenters. The van der Waals surface area contributed by atoms with Crippen molar-refractivity contribution in [1.82, 2.24) is 24.3 Å². The summed E-state index contributed by atoms with van der Waals surface area (Å²) >= 11 is 0. The highest BCUT2D eigenvalue weighted by Gasteiger charge is 2.27. The number of hydrogen-bond donors (Lipinski definition) is 2. The predicted octanol–water partition coefficient (Wildman–Crippen LogP) is 2.40. The Morgan fingerprint density at radius 2 is 2.12 bits per heavy atom. The average Bonchev–Trinajstić information content (AvgIpc) is 3.22. The van der Waals surface area contributed by atoms with Gasteiger partial charge in [-0.05, 0) is 25.0 Å². The highest BCUT2D eigenvalue weighted by atomic mass is 19.1. The van der Waals surface area contributed by atoms with Crippen molar-refractivity contribution in [3.8, 4) is 0 Å². The Balaban J connectivity index is 1.30. The van der Waals surface area contributed by atoms with Gasteiger partial charge in [-0.25, -0.2) is 24.1 Å². The number of aromatic nitrogens is 4. The molecule has 0 aromatic carbocycles. The van der Waals surface area contributed by atoms with Gasteiger partial charge in [0.2, 0.25) is 0 Å². The largest absolute Gasteiger partial charge is 0.465 e. The molecule has 0 aliphatic carbocycles. The minimum Gasteiger partial charge on any atom is -0.465 e. The summed E-state index contributed by atoms with van der Waals surface area (Å²) in [4.78, 5) is 27.9. The van der Waals surface area contributed by atoms with Gasteiger partial charge < -0.3 is 25.0 Å². The van der Waals surface area contributed by atoms with Crippen molar-refractivity contribution in [3.05, 3.63) is 48.4 Å². The number of carboxylic acid groups (broad SMARTS) is 1. The molecule has 3 aromatic heterocycles. The third kappa shape index (κ3) is 4.15. The SMILES string of the molecule is O=C(O)N1CCCC(Nc2cc(N3CCOC(c4cnc5ccc(F)cn45)C3)ncn2)C1. The Labute approximate surface area is 183 Å². The maximum absolute atomic E-state index is 13.7. The number of rotatable bonds is 4. The molecular weight excluding hydrogens is 417 g/mol. The fourth-order valence-corrected chi connectivity index (χ4v) is 4.32. The molecule has 0 bridgehead atoms. The van der Waals surface area contributed by atoms with Crippen LogP contribution in [-0.2, 0) is 4.74 Å². The summed E-state index contributed by atoms with van der Waals surface area (Å²) in [5.41, 5.74) is 1.45. The Morgan fingerprint density at radius 1 is 1.22 bits per heavy atom. The average molecular weight is 441 g/mol. The molecule has 2 aliphatic heterocycles. The third-order valence-electron chi connectivity index (χ3n) is 5.92. The molecule has 1 amide bonds. The van der Waals surface area contributed by atoms with Crippen molar-refractivity contribution in [2.24, 2.45) is 0 Å². The van der Waals surface area contributed by atoms with Crippen LogP contribution in [0.5, 0.6) is 0 Å². The molecule has 3 aromatic rings. The van der Waals surface area contributed by atoms with Gasteiger partial charge in [0.15, 0.2) is 0 Å². The lowest BCUT2D eigenvalue weighted by molar-refractivity contribution is 0.0362. The van der Waals surface area contributed by atoms with E-state index in [4.69, 9.17) is 4.74 Å². The maximum Gasteiger partial charge on any atom is 0.407 e. The van der Waals surface area contributed by atoms with Crippen LogP contribution in [0.4, 0.5) is 20.8 Å². The molecule has 2 fully saturated rings. The Bertz CT molecular complexity index is 1120. The fourth-order valence-electron chi connectivity index (χ4n) is 4.32. The van der Waals surface area contributed by atoms with Crippen LogP contribution in [-0.4, -0.2) is 74.3 Å². The standard InChI is InChI=1S/C21H24FN7O3/c22-14-3-4-19-23-9-16(29(19)10-14)17-12-27(6-7-32-17)20-8-18(24-13-25-20)26-15-2-1-5-28(11-15)21(30)31/h3-4,8-10,13,15,17H,1-2,5-7,11-12H2,(H,30,31)(H,24,25,26). The van der Waals surface area contributed by atoms with Gasteiger partial charge in [-0.15, -0.1) is 0 Å². The number of nitrogens with one attached hydrogen (secondary N) is 1. The number of hydrogen-bond acceptors (Lipinski definition) is 7. The van der Waals surface area contributed by atoms with E-state index < -0.39 is 6.09 Å². The molecule has 2 N–H and O–H groups in total. The topological polar surface area (TPSA) is 108 Å². The zero-order valence-electron chi connectivity index (χ0n) is 17.4. The number of anilines is 2. The van der Waals surface area contributed by atoms with Gasteiger partial charge in [-0.3, -0.25) is 4.40 Å². The molecule has 0 saturated carbocycles. The Hall–Kier alpha value is -3.47. The highest BCUT2D eigenvalue weighted by Crippen LogP contribution is 2.27. The van der Waals surface area contributed by atoms with Gasteiger partial charge in [0.1, 0.15) is 35.5 Å². The fraction of sp³-hybridized carbons (Fsp3) is 0.429. The molecule has 11 heteroatoms. The van der Waals surface area contributed by atoms with E-state index >= 15 is 0 Å². The van der Waals surface area contributed by atoms with Crippen molar-refractivity contribution < 1.29 is 19.0 Å². The summed E-state index contributed by atoms with van der Waals surface area (Å²) < 4.78 is 21.4. The van der Waals surface area contributed by atoms with Crippen molar-refractivity contribution >= 4 is 23.4 Å². The molecule has 0 spiro atoms. The van der Waals surface area contributed by atoms with Crippen LogP contribution >= 0.6 is 0 Å². The normalized spacial score (nSPS) is 21.7. The Morgan fingerprint density at radius 3 is 3.00 bits per heavy atom. The molecule has 5 heterocycles. The summed E-state index contributed by atoms with van der Waals surface area (Å²) in [6.07, 6.45) is 5.15. The number of carbonyl (C=O) groups is 1. The smallest absolute Gasteiger partial charge is 0.407 e. The number of piperidine rings is 1. The molecule has 0 radical (unpaired) electrons. The summed E-state index contributed by atoms with van der Waals surface area (Å²) in [7, 11) is 0. The highest BCUT2D eigenvalue weighted by molar-refractivity contribution is 5.65. The summed E-state index contributed by atoms with van der Waals surface area (Å²) in [6.45, 7) is 2.69. The van der Waals surface area contributed by atoms with Crippen LogP contribution in [0.1, 0.15) is 24.6 Å². The van der Waals surface area contributed by atoms with Gasteiger partial charge >= 0.3 is 6.09 Å². The van der Waals surface area contributed by atoms with E-state index in [-0.39, 0.29) is 18.0 Å². The van der Waals surface area contributed by atoms with Gasteiger partial charge in [0.05, 0.1) is 25.0 Å². The first-order valence-corrected chi connectivity index (χ1v) is 10.6. The van der Waals surface area contributed by atoms with E-state index in [1.165, 1.54) is 23.5 Å². The number of fused-ring (bicyclic) bond motifs is 1. The zero-order valence-corrected chi connectivity index (χ0v) is 17.4. The van der Waals surface area contributed by atoms with Crippen LogP contribution in [0.3, 0.4) is 0 Å². The molecule has 5 rings (SSSR count). The lowest BCUT2D eigenvalue weighted by Gasteiger charge is -2.34. The molecule has 2 aliphatic rings. The van der Waals surface area contributed by atoms with Gasteiger partial charge in [-0.2, -0.15) is 0 Å². The van der Waals surface area contributed by atoms with Crippen LogP contribution in [0.2, 0.25) is 0 Å². The summed E-state index contributed by atoms with van der Waals surface area (Å²) in [6, 6.07) is 4.90. The molecule has 2 atom stereocenters. The van der Waals surface area contributed by atoms with Gasteiger partial charge in [0, 0.05) is 37.9 Å². The maximum atomic E-state index is 13.7.